The van der Waals surface area contributed by atoms with Gasteiger partial charge in [0.1, 0.15) is 11.5 Å². The third kappa shape index (κ3) is 3.13. The zero-order valence-corrected chi connectivity index (χ0v) is 9.57. The highest BCUT2D eigenvalue weighted by atomic mass is 16.3. The number of benzene rings is 1. The summed E-state index contributed by atoms with van der Waals surface area (Å²) in [5.41, 5.74) is 0.934. The second-order valence-corrected chi connectivity index (χ2v) is 3.94. The average Bonchev–Trinajstić information content (AvgIpc) is 2.15. The molecule has 0 heterocycles. The van der Waals surface area contributed by atoms with Crippen LogP contribution in [0.2, 0.25) is 0 Å². The lowest BCUT2D eigenvalue weighted by atomic mass is 10.1. The smallest absolute Gasteiger partial charge is 0.119 e. The van der Waals surface area contributed by atoms with Gasteiger partial charge < -0.3 is 10.2 Å². The van der Waals surface area contributed by atoms with Gasteiger partial charge in [0, 0.05) is 12.1 Å². The molecule has 0 saturated carbocycles. The van der Waals surface area contributed by atoms with E-state index in [4.69, 9.17) is 0 Å². The van der Waals surface area contributed by atoms with Crippen molar-refractivity contribution in [3.05, 3.63) is 23.8 Å². The van der Waals surface area contributed by atoms with Gasteiger partial charge in [-0.05, 0) is 44.6 Å². The van der Waals surface area contributed by atoms with Gasteiger partial charge in [-0.1, -0.05) is 6.92 Å². The molecule has 0 aliphatic rings. The van der Waals surface area contributed by atoms with E-state index in [1.807, 2.05) is 7.05 Å². The number of phenols is 2. The van der Waals surface area contributed by atoms with Gasteiger partial charge in [-0.25, -0.2) is 0 Å². The van der Waals surface area contributed by atoms with E-state index < -0.39 is 0 Å². The van der Waals surface area contributed by atoms with Gasteiger partial charge >= 0.3 is 0 Å². The molecule has 0 spiro atoms. The quantitative estimate of drug-likeness (QED) is 0.800. The molecule has 1 unspecified atom stereocenters. The molecule has 1 atom stereocenters. The molecule has 3 nitrogen and oxygen atoms in total. The molecule has 2 N–H and O–H groups in total. The van der Waals surface area contributed by atoms with Crippen LogP contribution in [-0.2, 0) is 0 Å². The zero-order valence-electron chi connectivity index (χ0n) is 9.57. The van der Waals surface area contributed by atoms with Crippen molar-refractivity contribution in [2.45, 2.75) is 26.3 Å². The molecule has 15 heavy (non-hydrogen) atoms. The number of rotatable bonds is 4. The van der Waals surface area contributed by atoms with Gasteiger partial charge in [-0.15, -0.1) is 0 Å². The average molecular weight is 209 g/mol. The standard InChI is InChI=1S/C12H19NO2/c1-4-5-13(3)9(2)10-6-11(14)8-12(15)7-10/h6-9,14-15H,4-5H2,1-3H3. The summed E-state index contributed by atoms with van der Waals surface area (Å²) in [6.45, 7) is 5.19. The number of nitrogens with zero attached hydrogens (tertiary/aromatic N) is 1. The lowest BCUT2D eigenvalue weighted by molar-refractivity contribution is 0.261. The Morgan fingerprint density at radius 3 is 2.20 bits per heavy atom. The van der Waals surface area contributed by atoms with Gasteiger partial charge in [0.2, 0.25) is 0 Å². The third-order valence-corrected chi connectivity index (χ3v) is 2.64. The number of hydrogen-bond acceptors (Lipinski definition) is 3. The van der Waals surface area contributed by atoms with E-state index in [0.29, 0.717) is 0 Å². The van der Waals surface area contributed by atoms with Crippen LogP contribution in [0.1, 0.15) is 31.9 Å². The first kappa shape index (κ1) is 11.9. The molecule has 0 amide bonds. The van der Waals surface area contributed by atoms with Crippen LogP contribution in [0.25, 0.3) is 0 Å². The van der Waals surface area contributed by atoms with E-state index in [-0.39, 0.29) is 17.5 Å². The first-order chi connectivity index (χ1) is 7.04. The predicted octanol–water partition coefficient (Wildman–Crippen LogP) is 2.50. The Labute approximate surface area is 91.0 Å². The van der Waals surface area contributed by atoms with E-state index in [2.05, 4.69) is 18.7 Å². The van der Waals surface area contributed by atoms with Crippen molar-refractivity contribution in [2.24, 2.45) is 0 Å². The SMILES string of the molecule is CCCN(C)C(C)c1cc(O)cc(O)c1. The van der Waals surface area contributed by atoms with Crippen molar-refractivity contribution in [3.8, 4) is 11.5 Å². The van der Waals surface area contributed by atoms with Crippen LogP contribution in [0, 0.1) is 0 Å². The Balaban J connectivity index is 2.85. The van der Waals surface area contributed by atoms with Crippen molar-refractivity contribution >= 4 is 0 Å². The summed E-state index contributed by atoms with van der Waals surface area (Å²) in [4.78, 5) is 2.19. The van der Waals surface area contributed by atoms with Crippen LogP contribution in [0.3, 0.4) is 0 Å². The highest BCUT2D eigenvalue weighted by Crippen LogP contribution is 2.27. The zero-order chi connectivity index (χ0) is 11.4. The molecule has 84 valence electrons. The van der Waals surface area contributed by atoms with Crippen LogP contribution in [0.5, 0.6) is 11.5 Å². The molecule has 0 aliphatic carbocycles. The number of phenolic OH excluding ortho intramolecular Hbond substituents is 2. The fourth-order valence-corrected chi connectivity index (χ4v) is 1.66. The highest BCUT2D eigenvalue weighted by Gasteiger charge is 2.12. The first-order valence-corrected chi connectivity index (χ1v) is 5.27. The monoisotopic (exact) mass is 209 g/mol. The van der Waals surface area contributed by atoms with Crippen LogP contribution < -0.4 is 0 Å². The molecular weight excluding hydrogens is 190 g/mol. The molecule has 1 rings (SSSR count). The summed E-state index contributed by atoms with van der Waals surface area (Å²) in [6, 6.07) is 4.92. The summed E-state index contributed by atoms with van der Waals surface area (Å²) in [5, 5.41) is 18.8. The van der Waals surface area contributed by atoms with Crippen molar-refractivity contribution in [2.75, 3.05) is 13.6 Å². The van der Waals surface area contributed by atoms with Crippen molar-refractivity contribution in [1.29, 1.82) is 0 Å². The minimum atomic E-state index is 0.113. The minimum absolute atomic E-state index is 0.113. The van der Waals surface area contributed by atoms with E-state index >= 15 is 0 Å². The summed E-state index contributed by atoms with van der Waals surface area (Å²) in [5.74, 6) is 0.225. The van der Waals surface area contributed by atoms with E-state index in [1.165, 1.54) is 6.07 Å². The van der Waals surface area contributed by atoms with Crippen LogP contribution >= 0.6 is 0 Å². The molecule has 1 aromatic rings. The fourth-order valence-electron chi connectivity index (χ4n) is 1.66. The summed E-state index contributed by atoms with van der Waals surface area (Å²) >= 11 is 0. The number of hydrogen-bond donors (Lipinski definition) is 2. The molecule has 0 radical (unpaired) electrons. The lowest BCUT2D eigenvalue weighted by Gasteiger charge is -2.24. The lowest BCUT2D eigenvalue weighted by Crippen LogP contribution is -2.22. The van der Waals surface area contributed by atoms with Crippen molar-refractivity contribution in [3.63, 3.8) is 0 Å². The summed E-state index contributed by atoms with van der Waals surface area (Å²) in [7, 11) is 2.04. The highest BCUT2D eigenvalue weighted by molar-refractivity contribution is 5.37. The van der Waals surface area contributed by atoms with E-state index in [9.17, 15) is 10.2 Å². The maximum Gasteiger partial charge on any atom is 0.119 e. The maximum atomic E-state index is 9.38. The van der Waals surface area contributed by atoms with Crippen LogP contribution in [-0.4, -0.2) is 28.7 Å². The van der Waals surface area contributed by atoms with E-state index in [1.54, 1.807) is 12.1 Å². The Kier molecular flexibility index (Phi) is 3.97. The third-order valence-electron chi connectivity index (χ3n) is 2.64. The molecule has 0 aliphatic heterocycles. The number of aromatic hydroxyl groups is 2. The fraction of sp³-hybridized carbons (Fsp3) is 0.500. The molecule has 0 aromatic heterocycles. The Morgan fingerprint density at radius 2 is 1.73 bits per heavy atom. The van der Waals surface area contributed by atoms with Crippen LogP contribution in [0.4, 0.5) is 0 Å². The Bertz CT molecular complexity index is 305. The molecule has 0 saturated heterocycles. The minimum Gasteiger partial charge on any atom is -0.508 e. The summed E-state index contributed by atoms with van der Waals surface area (Å²) < 4.78 is 0. The van der Waals surface area contributed by atoms with Gasteiger partial charge in [-0.3, -0.25) is 4.90 Å². The normalized spacial score (nSPS) is 13.1. The van der Waals surface area contributed by atoms with Crippen LogP contribution in [0.15, 0.2) is 18.2 Å². The molecular formula is C12H19NO2. The van der Waals surface area contributed by atoms with E-state index in [0.717, 1.165) is 18.5 Å². The molecule has 0 bridgehead atoms. The van der Waals surface area contributed by atoms with Gasteiger partial charge in [-0.2, -0.15) is 0 Å². The van der Waals surface area contributed by atoms with Gasteiger partial charge in [0.25, 0.3) is 0 Å². The summed E-state index contributed by atoms with van der Waals surface area (Å²) in [6.07, 6.45) is 1.09. The predicted molar refractivity (Wildman–Crippen MR) is 61.1 cm³/mol. The molecule has 1 aromatic carbocycles. The Morgan fingerprint density at radius 1 is 1.20 bits per heavy atom. The maximum absolute atomic E-state index is 9.38. The largest absolute Gasteiger partial charge is 0.508 e. The molecule has 3 heteroatoms. The first-order valence-electron chi connectivity index (χ1n) is 5.27. The van der Waals surface area contributed by atoms with Gasteiger partial charge in [0.05, 0.1) is 0 Å². The second kappa shape index (κ2) is 5.03. The van der Waals surface area contributed by atoms with Crippen molar-refractivity contribution < 1.29 is 10.2 Å². The Hall–Kier alpha value is -1.22. The second-order valence-electron chi connectivity index (χ2n) is 3.94. The van der Waals surface area contributed by atoms with Gasteiger partial charge in [0.15, 0.2) is 0 Å². The topological polar surface area (TPSA) is 43.7 Å². The molecule has 0 fully saturated rings. The van der Waals surface area contributed by atoms with Crippen molar-refractivity contribution in [1.82, 2.24) is 4.90 Å².